The molecule has 3 nitrogen and oxygen atoms in total. The highest BCUT2D eigenvalue weighted by Crippen LogP contribution is 2.06. The second-order valence-corrected chi connectivity index (χ2v) is 4.23. The molecule has 17 heavy (non-hydrogen) atoms. The van der Waals surface area contributed by atoms with E-state index in [0.717, 1.165) is 0 Å². The Hall–Kier alpha value is -1.49. The summed E-state index contributed by atoms with van der Waals surface area (Å²) >= 11 is 4.72. The van der Waals surface area contributed by atoms with Crippen LogP contribution in [0.25, 0.3) is 0 Å². The summed E-state index contributed by atoms with van der Waals surface area (Å²) in [4.78, 5) is 11.6. The lowest BCUT2D eigenvalue weighted by atomic mass is 10.1. The van der Waals surface area contributed by atoms with Gasteiger partial charge in [0, 0.05) is 6.54 Å². The third-order valence-electron chi connectivity index (χ3n) is 2.47. The molecule has 1 atom stereocenters. The van der Waals surface area contributed by atoms with Crippen LogP contribution in [0.5, 0.6) is 0 Å². The van der Waals surface area contributed by atoms with Crippen LogP contribution in [0, 0.1) is 11.7 Å². The van der Waals surface area contributed by atoms with Gasteiger partial charge in [0.05, 0.1) is 10.9 Å². The molecule has 0 aromatic heterocycles. The molecule has 0 saturated carbocycles. The summed E-state index contributed by atoms with van der Waals surface area (Å²) in [7, 11) is 0. The fraction of sp³-hybridized carbons (Fsp3) is 0.333. The molecule has 0 bridgehead atoms. The van der Waals surface area contributed by atoms with Crippen LogP contribution in [-0.2, 0) is 11.2 Å². The highest BCUT2D eigenvalue weighted by Gasteiger charge is 2.14. The highest BCUT2D eigenvalue weighted by molar-refractivity contribution is 7.80. The summed E-state index contributed by atoms with van der Waals surface area (Å²) < 4.78 is 13.2. The van der Waals surface area contributed by atoms with Gasteiger partial charge in [-0.3, -0.25) is 4.79 Å². The van der Waals surface area contributed by atoms with Crippen molar-refractivity contribution in [3.05, 3.63) is 35.6 Å². The van der Waals surface area contributed by atoms with Gasteiger partial charge in [0.15, 0.2) is 0 Å². The first kappa shape index (κ1) is 13.6. The summed E-state index contributed by atoms with van der Waals surface area (Å²) in [5.74, 6) is -0.983. The number of halogens is 1. The number of carbonyl (C=O) groups is 1. The van der Waals surface area contributed by atoms with Crippen LogP contribution in [0.3, 0.4) is 0 Å². The SMILES string of the molecule is CC(C(=O)NCCc1ccccc1F)C(N)=S. The van der Waals surface area contributed by atoms with Crippen molar-refractivity contribution in [3.63, 3.8) is 0 Å². The molecule has 0 fully saturated rings. The van der Waals surface area contributed by atoms with Crippen LogP contribution in [-0.4, -0.2) is 17.4 Å². The van der Waals surface area contributed by atoms with Crippen molar-refractivity contribution in [2.45, 2.75) is 13.3 Å². The zero-order chi connectivity index (χ0) is 12.8. The molecule has 0 aliphatic heterocycles. The molecule has 0 radical (unpaired) electrons. The number of hydrogen-bond acceptors (Lipinski definition) is 2. The van der Waals surface area contributed by atoms with Crippen LogP contribution >= 0.6 is 12.2 Å². The summed E-state index contributed by atoms with van der Waals surface area (Å²) in [5.41, 5.74) is 5.93. The second kappa shape index (κ2) is 6.30. The number of benzene rings is 1. The Labute approximate surface area is 105 Å². The Kier molecular flexibility index (Phi) is 5.03. The zero-order valence-electron chi connectivity index (χ0n) is 9.57. The second-order valence-electron chi connectivity index (χ2n) is 3.76. The summed E-state index contributed by atoms with van der Waals surface area (Å²) in [5, 5.41) is 2.67. The molecule has 5 heteroatoms. The Morgan fingerprint density at radius 2 is 2.18 bits per heavy atom. The third kappa shape index (κ3) is 4.11. The fourth-order valence-corrected chi connectivity index (χ4v) is 1.41. The van der Waals surface area contributed by atoms with Crippen molar-refractivity contribution in [2.75, 3.05) is 6.54 Å². The van der Waals surface area contributed by atoms with Gasteiger partial charge in [-0.1, -0.05) is 30.4 Å². The van der Waals surface area contributed by atoms with Crippen LogP contribution in [0.2, 0.25) is 0 Å². The number of nitrogens with one attached hydrogen (secondary N) is 1. The maximum atomic E-state index is 13.2. The van der Waals surface area contributed by atoms with Gasteiger partial charge in [0.2, 0.25) is 5.91 Å². The fourth-order valence-electron chi connectivity index (χ4n) is 1.30. The lowest BCUT2D eigenvalue weighted by molar-refractivity contribution is -0.122. The van der Waals surface area contributed by atoms with E-state index >= 15 is 0 Å². The smallest absolute Gasteiger partial charge is 0.229 e. The third-order valence-corrected chi connectivity index (χ3v) is 2.83. The van der Waals surface area contributed by atoms with Crippen LogP contribution < -0.4 is 11.1 Å². The molecule has 1 amide bonds. The molecule has 1 unspecified atom stereocenters. The van der Waals surface area contributed by atoms with Crippen molar-refractivity contribution < 1.29 is 9.18 Å². The van der Waals surface area contributed by atoms with Gasteiger partial charge in [0.1, 0.15) is 5.82 Å². The van der Waals surface area contributed by atoms with E-state index in [9.17, 15) is 9.18 Å². The van der Waals surface area contributed by atoms with Crippen molar-refractivity contribution >= 4 is 23.1 Å². The molecule has 0 aliphatic carbocycles. The van der Waals surface area contributed by atoms with Crippen LogP contribution in [0.1, 0.15) is 12.5 Å². The molecule has 0 saturated heterocycles. The monoisotopic (exact) mass is 254 g/mol. The average Bonchev–Trinajstić information content (AvgIpc) is 2.30. The van der Waals surface area contributed by atoms with E-state index < -0.39 is 5.92 Å². The largest absolute Gasteiger partial charge is 0.393 e. The zero-order valence-corrected chi connectivity index (χ0v) is 10.4. The Bertz CT molecular complexity index is 423. The summed E-state index contributed by atoms with van der Waals surface area (Å²) in [6.45, 7) is 2.01. The van der Waals surface area contributed by atoms with Gasteiger partial charge in [-0.25, -0.2) is 4.39 Å². The first-order chi connectivity index (χ1) is 8.02. The Balaban J connectivity index is 2.41. The van der Waals surface area contributed by atoms with Gasteiger partial charge in [-0.15, -0.1) is 0 Å². The predicted octanol–water partition coefficient (Wildman–Crippen LogP) is 1.41. The minimum Gasteiger partial charge on any atom is -0.393 e. The maximum Gasteiger partial charge on any atom is 0.229 e. The molecule has 1 rings (SSSR count). The van der Waals surface area contributed by atoms with Gasteiger partial charge >= 0.3 is 0 Å². The van der Waals surface area contributed by atoms with Crippen molar-refractivity contribution in [1.82, 2.24) is 5.32 Å². The number of rotatable bonds is 5. The number of thiocarbonyl (C=S) groups is 1. The van der Waals surface area contributed by atoms with Gasteiger partial charge in [-0.05, 0) is 25.0 Å². The minimum absolute atomic E-state index is 0.161. The van der Waals surface area contributed by atoms with Crippen molar-refractivity contribution in [3.8, 4) is 0 Å². The summed E-state index contributed by atoms with van der Waals surface area (Å²) in [6.07, 6.45) is 0.447. The van der Waals surface area contributed by atoms with Crippen LogP contribution in [0.15, 0.2) is 24.3 Å². The van der Waals surface area contributed by atoms with E-state index in [2.05, 4.69) is 5.32 Å². The molecule has 1 aromatic carbocycles. The lowest BCUT2D eigenvalue weighted by Gasteiger charge is -2.10. The number of hydrogen-bond donors (Lipinski definition) is 2. The van der Waals surface area contributed by atoms with Gasteiger partial charge in [0.25, 0.3) is 0 Å². The minimum atomic E-state index is -0.495. The van der Waals surface area contributed by atoms with Crippen molar-refractivity contribution in [2.24, 2.45) is 11.7 Å². The maximum absolute atomic E-state index is 13.2. The number of nitrogens with two attached hydrogens (primary N) is 1. The summed E-state index contributed by atoms with van der Waals surface area (Å²) in [6, 6.07) is 6.48. The lowest BCUT2D eigenvalue weighted by Crippen LogP contribution is -2.37. The molecule has 3 N–H and O–H groups in total. The average molecular weight is 254 g/mol. The topological polar surface area (TPSA) is 55.1 Å². The Morgan fingerprint density at radius 1 is 1.53 bits per heavy atom. The van der Waals surface area contributed by atoms with Gasteiger partial charge in [-0.2, -0.15) is 0 Å². The first-order valence-electron chi connectivity index (χ1n) is 5.33. The number of carbonyl (C=O) groups excluding carboxylic acids is 1. The normalized spacial score (nSPS) is 11.9. The van der Waals surface area contributed by atoms with Crippen LogP contribution in [0.4, 0.5) is 4.39 Å². The van der Waals surface area contributed by atoms with Gasteiger partial charge < -0.3 is 11.1 Å². The molecule has 1 aromatic rings. The van der Waals surface area contributed by atoms with E-state index in [-0.39, 0.29) is 16.7 Å². The number of amides is 1. The molecule has 0 aliphatic rings. The molecule has 0 spiro atoms. The molecular weight excluding hydrogens is 239 g/mol. The van der Waals surface area contributed by atoms with Crippen molar-refractivity contribution in [1.29, 1.82) is 0 Å². The van der Waals surface area contributed by atoms with E-state index in [1.54, 1.807) is 25.1 Å². The highest BCUT2D eigenvalue weighted by atomic mass is 32.1. The van der Waals surface area contributed by atoms with E-state index in [0.29, 0.717) is 18.5 Å². The van der Waals surface area contributed by atoms with E-state index in [1.165, 1.54) is 6.07 Å². The Morgan fingerprint density at radius 3 is 2.76 bits per heavy atom. The quantitative estimate of drug-likeness (QED) is 0.781. The molecule has 0 heterocycles. The van der Waals surface area contributed by atoms with E-state index in [1.807, 2.05) is 0 Å². The standard InChI is InChI=1S/C12H15FN2OS/c1-8(11(14)17)12(16)15-7-6-9-4-2-3-5-10(9)13/h2-5,8H,6-7H2,1H3,(H2,14,17)(H,15,16). The van der Waals surface area contributed by atoms with E-state index in [4.69, 9.17) is 18.0 Å². The predicted molar refractivity (Wildman–Crippen MR) is 69.1 cm³/mol. The molecule has 92 valence electrons. The molecular formula is C12H15FN2OS. The first-order valence-corrected chi connectivity index (χ1v) is 5.73.